The third kappa shape index (κ3) is 4.27. The summed E-state index contributed by atoms with van der Waals surface area (Å²) in [5.41, 5.74) is 1.27. The molecule has 0 aromatic heterocycles. The monoisotopic (exact) mass is 303 g/mol. The molecule has 0 bridgehead atoms. The van der Waals surface area contributed by atoms with Crippen molar-refractivity contribution >= 4 is 5.69 Å². The Hall–Kier alpha value is -0.461. The summed E-state index contributed by atoms with van der Waals surface area (Å²) in [7, 11) is 0. The Balaban J connectivity index is 0.00000147. The van der Waals surface area contributed by atoms with Crippen LogP contribution in [0.25, 0.3) is 0 Å². The van der Waals surface area contributed by atoms with Crippen molar-refractivity contribution < 1.29 is 17.1 Å². The molecule has 2 heteroatoms. The second-order valence-electron chi connectivity index (χ2n) is 4.78. The van der Waals surface area contributed by atoms with Gasteiger partial charge in [-0.15, -0.1) is 0 Å². The smallest absolute Gasteiger partial charge is 0.370 e. The van der Waals surface area contributed by atoms with E-state index in [0.717, 1.165) is 13.1 Å². The third-order valence-electron chi connectivity index (χ3n) is 3.33. The Bertz CT molecular complexity index is 348. The van der Waals surface area contributed by atoms with Crippen molar-refractivity contribution in [1.82, 2.24) is 0 Å². The maximum absolute atomic E-state index is 2.41. The normalized spacial score (nSPS) is 20.0. The Morgan fingerprint density at radius 3 is 1.55 bits per heavy atom. The first-order valence-electron chi connectivity index (χ1n) is 6.63. The second-order valence-corrected chi connectivity index (χ2v) is 4.78. The average molecular weight is 303 g/mol. The molecule has 20 heavy (non-hydrogen) atoms. The summed E-state index contributed by atoms with van der Waals surface area (Å²) in [5.74, 6) is 2.71. The van der Waals surface area contributed by atoms with Crippen LogP contribution in [0.4, 0.5) is 5.69 Å². The number of anilines is 1. The van der Waals surface area contributed by atoms with Crippen LogP contribution in [0.2, 0.25) is 0 Å². The van der Waals surface area contributed by atoms with E-state index in [4.69, 9.17) is 0 Å². The Morgan fingerprint density at radius 1 is 0.650 bits per heavy atom. The van der Waals surface area contributed by atoms with E-state index >= 15 is 0 Å². The molecule has 0 saturated heterocycles. The van der Waals surface area contributed by atoms with Crippen molar-refractivity contribution in [3.05, 3.63) is 93.5 Å². The van der Waals surface area contributed by atoms with E-state index in [1.165, 1.54) is 17.5 Å². The fourth-order valence-corrected chi connectivity index (χ4v) is 2.36. The molecule has 2 aliphatic rings. The van der Waals surface area contributed by atoms with E-state index in [9.17, 15) is 0 Å². The van der Waals surface area contributed by atoms with Crippen molar-refractivity contribution in [1.29, 1.82) is 0 Å². The summed E-state index contributed by atoms with van der Waals surface area (Å²) < 4.78 is 0. The zero-order valence-electron chi connectivity index (χ0n) is 11.2. The van der Waals surface area contributed by atoms with E-state index in [1.54, 1.807) is 0 Å². The first-order valence-corrected chi connectivity index (χ1v) is 6.63. The second kappa shape index (κ2) is 8.10. The number of rotatable bonds is 5. The van der Waals surface area contributed by atoms with E-state index < -0.39 is 0 Å². The molecule has 100 valence electrons. The molecule has 0 aliphatic heterocycles. The Labute approximate surface area is 134 Å². The fourth-order valence-electron chi connectivity index (χ4n) is 2.36. The molecule has 0 atom stereocenters. The van der Waals surface area contributed by atoms with Crippen molar-refractivity contribution in [3.63, 3.8) is 0 Å². The SMILES string of the molecule is [CH]1[CH][CH][C](CN(C[C]2[CH][CH][CH][CH]2)c2ccccc2)[CH]1.[Fe+2]. The van der Waals surface area contributed by atoms with Gasteiger partial charge in [0.05, 0.1) is 0 Å². The van der Waals surface area contributed by atoms with Gasteiger partial charge in [0.1, 0.15) is 0 Å². The standard InChI is InChI=1S/C18H17N.Fe/c1-2-12-18(13-3-1)19(14-16-8-4-5-9-16)15-17-10-6-7-11-17;/h1-13H,14-15H2;/q;+2. The van der Waals surface area contributed by atoms with Crippen molar-refractivity contribution in [2.45, 2.75) is 0 Å². The van der Waals surface area contributed by atoms with E-state index in [2.05, 4.69) is 86.6 Å². The maximum atomic E-state index is 2.41. The van der Waals surface area contributed by atoms with Gasteiger partial charge in [0.15, 0.2) is 0 Å². The van der Waals surface area contributed by atoms with Crippen LogP contribution >= 0.6 is 0 Å². The van der Waals surface area contributed by atoms with Gasteiger partial charge in [-0.3, -0.25) is 0 Å². The molecular weight excluding hydrogens is 286 g/mol. The van der Waals surface area contributed by atoms with Crippen LogP contribution in [-0.4, -0.2) is 13.1 Å². The van der Waals surface area contributed by atoms with Crippen LogP contribution in [0.1, 0.15) is 0 Å². The first kappa shape index (κ1) is 15.9. The van der Waals surface area contributed by atoms with E-state index in [1.807, 2.05) is 0 Å². The van der Waals surface area contributed by atoms with Crippen LogP contribution in [0, 0.1) is 63.2 Å². The van der Waals surface area contributed by atoms with Gasteiger partial charge in [-0.05, 0) is 63.5 Å². The average Bonchev–Trinajstić information content (AvgIpc) is 3.12. The quantitative estimate of drug-likeness (QED) is 0.754. The molecular formula is C18H17FeN+2. The van der Waals surface area contributed by atoms with Crippen molar-refractivity contribution in [2.75, 3.05) is 18.0 Å². The van der Waals surface area contributed by atoms with Crippen LogP contribution in [0.5, 0.6) is 0 Å². The number of benzene rings is 1. The van der Waals surface area contributed by atoms with Crippen molar-refractivity contribution in [3.8, 4) is 0 Å². The van der Waals surface area contributed by atoms with Crippen LogP contribution in [0.3, 0.4) is 0 Å². The Kier molecular flexibility index (Phi) is 6.45. The summed E-state index contributed by atoms with van der Waals surface area (Å²) in [6, 6.07) is 10.6. The van der Waals surface area contributed by atoms with Gasteiger partial charge in [0.25, 0.3) is 0 Å². The van der Waals surface area contributed by atoms with Gasteiger partial charge in [0.2, 0.25) is 0 Å². The molecule has 3 rings (SSSR count). The predicted octanol–water partition coefficient (Wildman–Crippen LogP) is 3.30. The minimum Gasteiger partial charge on any atom is -0.370 e. The Morgan fingerprint density at radius 2 is 1.10 bits per heavy atom. The zero-order chi connectivity index (χ0) is 12.9. The van der Waals surface area contributed by atoms with Gasteiger partial charge >= 0.3 is 17.1 Å². The fraction of sp³-hybridized carbons (Fsp3) is 0.111. The number of hydrogen-bond acceptors (Lipinski definition) is 1. The molecule has 2 aliphatic carbocycles. The molecule has 0 spiro atoms. The molecule has 1 aromatic carbocycles. The largest absolute Gasteiger partial charge is 2.00 e. The summed E-state index contributed by atoms with van der Waals surface area (Å²) in [4.78, 5) is 2.41. The van der Waals surface area contributed by atoms with Crippen LogP contribution in [-0.2, 0) is 17.1 Å². The zero-order valence-corrected chi connectivity index (χ0v) is 12.3. The van der Waals surface area contributed by atoms with Gasteiger partial charge < -0.3 is 4.90 Å². The molecule has 0 N–H and O–H groups in total. The molecule has 1 aromatic rings. The van der Waals surface area contributed by atoms with E-state index in [0.29, 0.717) is 0 Å². The van der Waals surface area contributed by atoms with E-state index in [-0.39, 0.29) is 17.1 Å². The number of para-hydroxylation sites is 1. The van der Waals surface area contributed by atoms with Crippen molar-refractivity contribution in [2.24, 2.45) is 0 Å². The van der Waals surface area contributed by atoms with Crippen LogP contribution in [0.15, 0.2) is 30.3 Å². The van der Waals surface area contributed by atoms with Gasteiger partial charge in [0, 0.05) is 30.6 Å². The summed E-state index contributed by atoms with van der Waals surface area (Å²) in [6.45, 7) is 1.89. The topological polar surface area (TPSA) is 3.24 Å². The molecule has 0 heterocycles. The summed E-state index contributed by atoms with van der Waals surface area (Å²) in [5, 5.41) is 0. The van der Waals surface area contributed by atoms with Gasteiger partial charge in [-0.25, -0.2) is 0 Å². The minimum atomic E-state index is 0. The molecule has 2 saturated carbocycles. The first-order chi connectivity index (χ1) is 9.42. The maximum Gasteiger partial charge on any atom is 2.00 e. The van der Waals surface area contributed by atoms with Gasteiger partial charge in [-0.1, -0.05) is 18.2 Å². The molecule has 0 amide bonds. The number of hydrogen-bond donors (Lipinski definition) is 0. The summed E-state index contributed by atoms with van der Waals surface area (Å²) in [6.07, 6.45) is 17.1. The molecule has 10 radical (unpaired) electrons. The van der Waals surface area contributed by atoms with Crippen LogP contribution < -0.4 is 4.90 Å². The number of nitrogens with zero attached hydrogens (tertiary/aromatic N) is 1. The third-order valence-corrected chi connectivity index (χ3v) is 3.33. The van der Waals surface area contributed by atoms with Gasteiger partial charge in [-0.2, -0.15) is 0 Å². The predicted molar refractivity (Wildman–Crippen MR) is 79.5 cm³/mol. The minimum absolute atomic E-state index is 0. The summed E-state index contributed by atoms with van der Waals surface area (Å²) >= 11 is 0. The molecule has 0 unspecified atom stereocenters. The molecule has 1 nitrogen and oxygen atoms in total. The molecule has 2 fully saturated rings.